The van der Waals surface area contributed by atoms with Gasteiger partial charge in [-0.25, -0.2) is 15.0 Å². The quantitative estimate of drug-likeness (QED) is 0.202. The molecule has 0 N–H and O–H groups in total. The van der Waals surface area contributed by atoms with Gasteiger partial charge in [-0.15, -0.1) is 0 Å². The van der Waals surface area contributed by atoms with E-state index in [1.165, 1.54) is 21.7 Å². The van der Waals surface area contributed by atoms with E-state index in [2.05, 4.69) is 152 Å². The first kappa shape index (κ1) is 24.6. The van der Waals surface area contributed by atoms with Gasteiger partial charge in [0, 0.05) is 27.1 Å². The van der Waals surface area contributed by atoms with Crippen molar-refractivity contribution < 1.29 is 0 Å². The molecule has 0 saturated carbocycles. The third-order valence-electron chi connectivity index (χ3n) is 8.61. The van der Waals surface area contributed by atoms with Crippen LogP contribution in [0.3, 0.4) is 0 Å². The highest BCUT2D eigenvalue weighted by molar-refractivity contribution is 6.05. The number of aromatic nitrogens is 3. The predicted octanol–water partition coefficient (Wildman–Crippen LogP) is 10.6. The van der Waals surface area contributed by atoms with Gasteiger partial charge >= 0.3 is 0 Å². The molecule has 6 aromatic carbocycles. The average molecular weight is 560 g/mol. The van der Waals surface area contributed by atoms with E-state index in [1.54, 1.807) is 0 Å². The standard InChI is InChI=1S/C41H25N3/c1-2-7-31-23-32(14-9-26(31)5-1)33-15-11-28-17-20-36(42-39(28)24-33)34-16-12-29-18-21-37(43-40(29)25-34)38-22-19-30-13-10-27-6-3-4-8-35(27)41(30)44-38/h1-25H. The number of hydrogen-bond donors (Lipinski definition) is 0. The minimum atomic E-state index is 0.857. The Morgan fingerprint density at radius 1 is 0.295 bits per heavy atom. The van der Waals surface area contributed by atoms with E-state index in [0.29, 0.717) is 0 Å². The minimum Gasteiger partial charge on any atom is -0.248 e. The molecule has 9 aromatic rings. The second-order valence-corrected chi connectivity index (χ2v) is 11.3. The Hall–Kier alpha value is -5.93. The molecule has 3 heteroatoms. The van der Waals surface area contributed by atoms with E-state index in [1.807, 2.05) is 0 Å². The molecule has 0 unspecified atom stereocenters. The van der Waals surface area contributed by atoms with Crippen molar-refractivity contribution in [3.8, 4) is 33.8 Å². The van der Waals surface area contributed by atoms with E-state index in [4.69, 9.17) is 15.0 Å². The molecule has 204 valence electrons. The van der Waals surface area contributed by atoms with Crippen molar-refractivity contribution in [2.24, 2.45) is 0 Å². The maximum atomic E-state index is 5.10. The zero-order valence-corrected chi connectivity index (χ0v) is 23.8. The number of fused-ring (bicyclic) bond motifs is 6. The summed E-state index contributed by atoms with van der Waals surface area (Å²) < 4.78 is 0. The normalized spacial score (nSPS) is 11.6. The third kappa shape index (κ3) is 4.18. The summed E-state index contributed by atoms with van der Waals surface area (Å²) in [7, 11) is 0. The SMILES string of the molecule is c1ccc2cc(-c3ccc4ccc(-c5ccc6ccc(-c7ccc8ccc9ccccc9c8n7)nc6c5)nc4c3)ccc2c1. The van der Waals surface area contributed by atoms with Crippen LogP contribution in [0.4, 0.5) is 0 Å². The molecule has 0 aliphatic carbocycles. The van der Waals surface area contributed by atoms with Crippen LogP contribution in [-0.4, -0.2) is 15.0 Å². The van der Waals surface area contributed by atoms with Crippen LogP contribution >= 0.6 is 0 Å². The van der Waals surface area contributed by atoms with Gasteiger partial charge in [0.2, 0.25) is 0 Å². The van der Waals surface area contributed by atoms with Crippen molar-refractivity contribution in [3.63, 3.8) is 0 Å². The van der Waals surface area contributed by atoms with Gasteiger partial charge in [0.25, 0.3) is 0 Å². The fourth-order valence-electron chi connectivity index (χ4n) is 6.25. The van der Waals surface area contributed by atoms with E-state index >= 15 is 0 Å². The number of rotatable bonds is 3. The molecule has 3 aromatic heterocycles. The highest BCUT2D eigenvalue weighted by Crippen LogP contribution is 2.31. The Morgan fingerprint density at radius 3 is 1.61 bits per heavy atom. The van der Waals surface area contributed by atoms with E-state index in [0.717, 1.165) is 66.3 Å². The van der Waals surface area contributed by atoms with Crippen LogP contribution < -0.4 is 0 Å². The summed E-state index contributed by atoms with van der Waals surface area (Å²) in [4.78, 5) is 15.2. The molecule has 0 aliphatic heterocycles. The van der Waals surface area contributed by atoms with Crippen LogP contribution in [0.2, 0.25) is 0 Å². The predicted molar refractivity (Wildman–Crippen MR) is 184 cm³/mol. The van der Waals surface area contributed by atoms with Crippen molar-refractivity contribution in [2.75, 3.05) is 0 Å². The zero-order chi connectivity index (χ0) is 29.0. The summed E-state index contributed by atoms with van der Waals surface area (Å²) in [5.41, 5.74) is 8.94. The number of hydrogen-bond acceptors (Lipinski definition) is 3. The molecular weight excluding hydrogens is 534 g/mol. The van der Waals surface area contributed by atoms with Crippen LogP contribution in [0, 0.1) is 0 Å². The summed E-state index contributed by atoms with van der Waals surface area (Å²) in [5.74, 6) is 0. The molecule has 0 saturated heterocycles. The minimum absolute atomic E-state index is 0.857. The first-order valence-electron chi connectivity index (χ1n) is 14.9. The van der Waals surface area contributed by atoms with Gasteiger partial charge in [0.05, 0.1) is 33.6 Å². The van der Waals surface area contributed by atoms with Crippen molar-refractivity contribution in [2.45, 2.75) is 0 Å². The van der Waals surface area contributed by atoms with Gasteiger partial charge in [-0.2, -0.15) is 0 Å². The topological polar surface area (TPSA) is 38.7 Å². The van der Waals surface area contributed by atoms with Gasteiger partial charge < -0.3 is 0 Å². The van der Waals surface area contributed by atoms with Crippen LogP contribution in [0.5, 0.6) is 0 Å². The van der Waals surface area contributed by atoms with Crippen LogP contribution in [-0.2, 0) is 0 Å². The Labute approximate surface area is 254 Å². The number of pyridine rings is 3. The van der Waals surface area contributed by atoms with Crippen molar-refractivity contribution in [1.82, 2.24) is 15.0 Å². The summed E-state index contributed by atoms with van der Waals surface area (Å²) >= 11 is 0. The second kappa shape index (κ2) is 9.82. The summed E-state index contributed by atoms with van der Waals surface area (Å²) in [5, 5.41) is 8.16. The second-order valence-electron chi connectivity index (χ2n) is 11.3. The third-order valence-corrected chi connectivity index (χ3v) is 8.61. The molecule has 0 fully saturated rings. The lowest BCUT2D eigenvalue weighted by Crippen LogP contribution is -1.91. The Morgan fingerprint density at radius 2 is 0.795 bits per heavy atom. The van der Waals surface area contributed by atoms with E-state index in [9.17, 15) is 0 Å². The maximum absolute atomic E-state index is 5.10. The van der Waals surface area contributed by atoms with Gasteiger partial charge in [0.1, 0.15) is 0 Å². The molecule has 0 aliphatic rings. The van der Waals surface area contributed by atoms with Gasteiger partial charge in [-0.05, 0) is 63.7 Å². The van der Waals surface area contributed by atoms with Gasteiger partial charge in [-0.1, -0.05) is 115 Å². The van der Waals surface area contributed by atoms with Crippen molar-refractivity contribution in [3.05, 3.63) is 152 Å². The molecular formula is C41H25N3. The molecule has 0 bridgehead atoms. The maximum Gasteiger partial charge on any atom is 0.0894 e. The first-order chi connectivity index (χ1) is 21.7. The van der Waals surface area contributed by atoms with Crippen LogP contribution in [0.1, 0.15) is 0 Å². The molecule has 0 spiro atoms. The zero-order valence-electron chi connectivity index (χ0n) is 23.8. The molecule has 0 radical (unpaired) electrons. The molecule has 3 heterocycles. The lowest BCUT2D eigenvalue weighted by Gasteiger charge is -2.09. The molecule has 3 nitrogen and oxygen atoms in total. The fraction of sp³-hybridized carbons (Fsp3) is 0. The first-order valence-corrected chi connectivity index (χ1v) is 14.9. The largest absolute Gasteiger partial charge is 0.248 e. The van der Waals surface area contributed by atoms with E-state index < -0.39 is 0 Å². The Balaban J connectivity index is 1.11. The van der Waals surface area contributed by atoms with Crippen LogP contribution in [0.15, 0.2) is 152 Å². The fourth-order valence-corrected chi connectivity index (χ4v) is 6.25. The number of nitrogens with zero attached hydrogens (tertiary/aromatic N) is 3. The highest BCUT2D eigenvalue weighted by Gasteiger charge is 2.10. The highest BCUT2D eigenvalue weighted by atomic mass is 14.8. The lowest BCUT2D eigenvalue weighted by molar-refractivity contribution is 1.32. The molecule has 44 heavy (non-hydrogen) atoms. The summed E-state index contributed by atoms with van der Waals surface area (Å²) in [6, 6.07) is 53.3. The Kier molecular flexibility index (Phi) is 5.50. The molecule has 9 rings (SSSR count). The van der Waals surface area contributed by atoms with Gasteiger partial charge in [-0.3, -0.25) is 0 Å². The smallest absolute Gasteiger partial charge is 0.0894 e. The summed E-state index contributed by atoms with van der Waals surface area (Å²) in [6.07, 6.45) is 0. The number of benzene rings is 6. The Bertz CT molecular complexity index is 2570. The van der Waals surface area contributed by atoms with Crippen molar-refractivity contribution in [1.29, 1.82) is 0 Å². The van der Waals surface area contributed by atoms with Gasteiger partial charge in [0.15, 0.2) is 0 Å². The summed E-state index contributed by atoms with van der Waals surface area (Å²) in [6.45, 7) is 0. The average Bonchev–Trinajstić information content (AvgIpc) is 3.10. The lowest BCUT2D eigenvalue weighted by atomic mass is 9.99. The monoisotopic (exact) mass is 559 g/mol. The van der Waals surface area contributed by atoms with E-state index in [-0.39, 0.29) is 0 Å². The van der Waals surface area contributed by atoms with Crippen LogP contribution in [0.25, 0.3) is 88.0 Å². The molecule has 0 amide bonds. The molecule has 0 atom stereocenters. The van der Waals surface area contributed by atoms with Crippen molar-refractivity contribution >= 4 is 54.3 Å².